The van der Waals surface area contributed by atoms with Crippen molar-refractivity contribution >= 4 is 33.0 Å². The van der Waals surface area contributed by atoms with Crippen LogP contribution in [0.3, 0.4) is 0 Å². The third-order valence-electron chi connectivity index (χ3n) is 5.42. The molecule has 0 spiro atoms. The lowest BCUT2D eigenvalue weighted by molar-refractivity contribution is 0.102. The number of fused-ring (bicyclic) bond motifs is 1. The first-order valence-corrected chi connectivity index (χ1v) is 12.5. The number of aryl methyl sites for hydroxylation is 1. The van der Waals surface area contributed by atoms with Crippen LogP contribution in [-0.4, -0.2) is 38.4 Å². The molecule has 1 aliphatic rings. The smallest absolute Gasteiger partial charge is 0.260 e. The molecule has 180 valence electrons. The van der Waals surface area contributed by atoms with Crippen LogP contribution < -0.4 is 14.8 Å². The third kappa shape index (κ3) is 4.50. The average Bonchev–Trinajstić information content (AvgIpc) is 3.11. The number of benzene rings is 2. The van der Waals surface area contributed by atoms with Gasteiger partial charge in [-0.3, -0.25) is 4.79 Å². The van der Waals surface area contributed by atoms with Crippen molar-refractivity contribution in [3.05, 3.63) is 70.1 Å². The fourth-order valence-corrected chi connectivity index (χ4v) is 6.98. The van der Waals surface area contributed by atoms with Gasteiger partial charge >= 0.3 is 0 Å². The van der Waals surface area contributed by atoms with E-state index in [4.69, 9.17) is 9.47 Å². The number of nitrogens with one attached hydrogen (secondary N) is 1. The van der Waals surface area contributed by atoms with Crippen molar-refractivity contribution in [1.82, 2.24) is 4.31 Å². The minimum absolute atomic E-state index is 0.0318. The van der Waals surface area contributed by atoms with E-state index in [0.29, 0.717) is 10.6 Å². The number of hydrogen-bond acceptors (Lipinski definition) is 6. The summed E-state index contributed by atoms with van der Waals surface area (Å²) in [6, 6.07) is 9.53. The Labute approximate surface area is 200 Å². The lowest BCUT2D eigenvalue weighted by atomic mass is 10.2. The van der Waals surface area contributed by atoms with E-state index < -0.39 is 33.6 Å². The van der Waals surface area contributed by atoms with Gasteiger partial charge in [-0.1, -0.05) is 12.1 Å². The largest absolute Gasteiger partial charge is 0.497 e. The number of rotatable bonds is 5. The number of carbonyl (C=O) groups is 1. The van der Waals surface area contributed by atoms with Gasteiger partial charge < -0.3 is 14.8 Å². The normalized spacial score (nSPS) is 17.4. The number of carbonyl (C=O) groups excluding carboxylic acids is 1. The van der Waals surface area contributed by atoms with E-state index in [0.717, 1.165) is 29.0 Å². The zero-order valence-electron chi connectivity index (χ0n) is 18.6. The van der Waals surface area contributed by atoms with Gasteiger partial charge in [0.1, 0.15) is 12.4 Å². The molecule has 7 nitrogen and oxygen atoms in total. The molecule has 34 heavy (non-hydrogen) atoms. The number of ether oxygens (including phenoxy) is 2. The molecule has 2 aromatic carbocycles. The minimum atomic E-state index is -4.00. The van der Waals surface area contributed by atoms with E-state index in [-0.39, 0.29) is 34.4 Å². The zero-order valence-corrected chi connectivity index (χ0v) is 20.2. The maximum Gasteiger partial charge on any atom is 0.260 e. The number of sulfonamides is 1. The highest BCUT2D eigenvalue weighted by Crippen LogP contribution is 2.43. The van der Waals surface area contributed by atoms with Crippen molar-refractivity contribution in [1.29, 1.82) is 0 Å². The summed E-state index contributed by atoms with van der Waals surface area (Å²) in [5, 5.41) is 2.48. The molecule has 0 saturated heterocycles. The molecule has 1 aliphatic heterocycles. The summed E-state index contributed by atoms with van der Waals surface area (Å²) < 4.78 is 66.2. The Balaban J connectivity index is 1.67. The molecule has 1 amide bonds. The summed E-state index contributed by atoms with van der Waals surface area (Å²) in [6.07, 6.45) is 0. The number of thiophene rings is 1. The second-order valence-corrected chi connectivity index (χ2v) is 11.1. The van der Waals surface area contributed by atoms with E-state index in [1.165, 1.54) is 10.4 Å². The maximum absolute atomic E-state index is 13.6. The van der Waals surface area contributed by atoms with Crippen LogP contribution in [0.5, 0.6) is 11.5 Å². The molecule has 1 aromatic heterocycles. The van der Waals surface area contributed by atoms with Gasteiger partial charge in [-0.25, -0.2) is 17.2 Å². The molecule has 0 fully saturated rings. The maximum atomic E-state index is 13.6. The second kappa shape index (κ2) is 9.32. The highest BCUT2D eigenvalue weighted by atomic mass is 32.2. The fraction of sp³-hybridized carbons (Fsp3) is 0.261. The van der Waals surface area contributed by atoms with Crippen LogP contribution in [0.4, 0.5) is 14.5 Å². The Morgan fingerprint density at radius 1 is 1.21 bits per heavy atom. The molecule has 1 unspecified atom stereocenters. The summed E-state index contributed by atoms with van der Waals surface area (Å²) in [4.78, 5) is 13.4. The van der Waals surface area contributed by atoms with Crippen LogP contribution in [0.2, 0.25) is 0 Å². The number of anilines is 1. The third-order valence-corrected chi connectivity index (χ3v) is 8.94. The van der Waals surface area contributed by atoms with Gasteiger partial charge in [0.25, 0.3) is 15.9 Å². The number of hydrogen-bond donors (Lipinski definition) is 1. The minimum Gasteiger partial charge on any atom is -0.497 e. The lowest BCUT2D eigenvalue weighted by Crippen LogP contribution is -2.39. The first kappa shape index (κ1) is 24.1. The van der Waals surface area contributed by atoms with Gasteiger partial charge in [-0.2, -0.15) is 4.31 Å². The Hall–Kier alpha value is -3.02. The molecule has 2 heterocycles. The highest BCUT2D eigenvalue weighted by molar-refractivity contribution is 7.91. The predicted molar refractivity (Wildman–Crippen MR) is 124 cm³/mol. The van der Waals surface area contributed by atoms with Gasteiger partial charge in [0.2, 0.25) is 0 Å². The molecular formula is C23H22F2N2O5S2. The predicted octanol–water partition coefficient (Wildman–Crippen LogP) is 4.57. The molecule has 1 atom stereocenters. The van der Waals surface area contributed by atoms with Crippen LogP contribution in [0, 0.1) is 18.6 Å². The van der Waals surface area contributed by atoms with Gasteiger partial charge in [0, 0.05) is 23.2 Å². The first-order valence-electron chi connectivity index (χ1n) is 10.3. The first-order chi connectivity index (χ1) is 16.1. The van der Waals surface area contributed by atoms with Crippen molar-refractivity contribution in [3.8, 4) is 11.5 Å². The highest BCUT2D eigenvalue weighted by Gasteiger charge is 2.40. The van der Waals surface area contributed by atoms with E-state index in [9.17, 15) is 22.0 Å². The standard InChI is InChI=1S/C23H22F2N2O5S2/c1-13-12-32-21-20(22(28)26-16-6-9-18(24)19(25)10-16)14(2)33-23(21)34(29,30)27(13)11-15-4-7-17(31-3)8-5-15/h4-10,13H,11-12H2,1-3H3,(H,26,28). The fourth-order valence-electron chi connectivity index (χ4n) is 3.61. The summed E-state index contributed by atoms with van der Waals surface area (Å²) in [6.45, 7) is 3.48. The SMILES string of the molecule is COc1ccc(CN2C(C)COc3c(sc(C)c3C(=O)Nc3ccc(F)c(F)c3)S2(=O)=O)cc1. The van der Waals surface area contributed by atoms with Crippen LogP contribution in [0.25, 0.3) is 0 Å². The van der Waals surface area contributed by atoms with Crippen LogP contribution in [0.1, 0.15) is 27.7 Å². The summed E-state index contributed by atoms with van der Waals surface area (Å²) in [5.41, 5.74) is 0.852. The Bertz CT molecular complexity index is 1340. The van der Waals surface area contributed by atoms with Gasteiger partial charge in [-0.05, 0) is 43.7 Å². The van der Waals surface area contributed by atoms with E-state index in [1.807, 2.05) is 0 Å². The number of amides is 1. The van der Waals surface area contributed by atoms with Crippen molar-refractivity contribution in [2.75, 3.05) is 19.0 Å². The van der Waals surface area contributed by atoms with Gasteiger partial charge in [0.15, 0.2) is 21.6 Å². The molecule has 1 N–H and O–H groups in total. The summed E-state index contributed by atoms with van der Waals surface area (Å²) in [5.74, 6) is -2.20. The summed E-state index contributed by atoms with van der Waals surface area (Å²) >= 11 is 0.934. The van der Waals surface area contributed by atoms with E-state index >= 15 is 0 Å². The topological polar surface area (TPSA) is 84.9 Å². The molecule has 0 saturated carbocycles. The van der Waals surface area contributed by atoms with Gasteiger partial charge in [0.05, 0.1) is 18.7 Å². The second-order valence-electron chi connectivity index (χ2n) is 7.79. The van der Waals surface area contributed by atoms with Gasteiger partial charge in [-0.15, -0.1) is 11.3 Å². The quantitative estimate of drug-likeness (QED) is 0.546. The molecule has 3 aromatic rings. The van der Waals surface area contributed by atoms with E-state index in [1.54, 1.807) is 45.2 Å². The zero-order chi connectivity index (χ0) is 24.6. The molecule has 0 radical (unpaired) electrons. The van der Waals surface area contributed by atoms with Crippen LogP contribution >= 0.6 is 11.3 Å². The van der Waals surface area contributed by atoms with Crippen molar-refractivity contribution in [3.63, 3.8) is 0 Å². The molecule has 0 aliphatic carbocycles. The van der Waals surface area contributed by atoms with Crippen molar-refractivity contribution < 1.29 is 31.5 Å². The number of methoxy groups -OCH3 is 1. The van der Waals surface area contributed by atoms with Crippen molar-refractivity contribution in [2.24, 2.45) is 0 Å². The Morgan fingerprint density at radius 2 is 1.91 bits per heavy atom. The summed E-state index contributed by atoms with van der Waals surface area (Å²) in [7, 11) is -2.45. The van der Waals surface area contributed by atoms with Crippen molar-refractivity contribution in [2.45, 2.75) is 30.6 Å². The number of halogens is 2. The number of nitrogens with zero attached hydrogens (tertiary/aromatic N) is 1. The van der Waals surface area contributed by atoms with E-state index in [2.05, 4.69) is 5.32 Å². The molecule has 4 rings (SSSR count). The van der Waals surface area contributed by atoms with Crippen LogP contribution in [0.15, 0.2) is 46.7 Å². The monoisotopic (exact) mass is 508 g/mol. The molecule has 11 heteroatoms. The average molecular weight is 509 g/mol. The Kier molecular flexibility index (Phi) is 6.61. The molecular weight excluding hydrogens is 486 g/mol. The van der Waals surface area contributed by atoms with Crippen LogP contribution in [-0.2, 0) is 16.6 Å². The lowest BCUT2D eigenvalue weighted by Gasteiger charge is -2.25. The Morgan fingerprint density at radius 3 is 2.56 bits per heavy atom. The molecule has 0 bridgehead atoms.